The SMILES string of the molecule is NC(CO)C(=O)NCc1ccc2c(c1)CCCC2. The molecule has 0 aliphatic heterocycles. The number of fused-ring (bicyclic) bond motifs is 1. The first-order chi connectivity index (χ1) is 8.70. The van der Waals surface area contributed by atoms with Gasteiger partial charge in [-0.25, -0.2) is 0 Å². The average molecular weight is 248 g/mol. The predicted octanol–water partition coefficient (Wildman–Crippen LogP) is 0.501. The second-order valence-corrected chi connectivity index (χ2v) is 4.82. The quantitative estimate of drug-likeness (QED) is 0.726. The fraction of sp³-hybridized carbons (Fsp3) is 0.500. The van der Waals surface area contributed by atoms with Crippen LogP contribution < -0.4 is 11.1 Å². The highest BCUT2D eigenvalue weighted by Crippen LogP contribution is 2.22. The van der Waals surface area contributed by atoms with E-state index in [9.17, 15) is 4.79 Å². The molecule has 4 heteroatoms. The molecule has 0 saturated carbocycles. The molecular weight excluding hydrogens is 228 g/mol. The monoisotopic (exact) mass is 248 g/mol. The zero-order chi connectivity index (χ0) is 13.0. The summed E-state index contributed by atoms with van der Waals surface area (Å²) in [5.74, 6) is -0.310. The highest BCUT2D eigenvalue weighted by Gasteiger charge is 2.12. The summed E-state index contributed by atoms with van der Waals surface area (Å²) in [6.45, 7) is 0.149. The van der Waals surface area contributed by atoms with Gasteiger partial charge in [0.1, 0.15) is 6.04 Å². The Labute approximate surface area is 107 Å². The summed E-state index contributed by atoms with van der Waals surface area (Å²) in [5.41, 5.74) is 9.36. The minimum absolute atomic E-state index is 0.310. The number of carbonyl (C=O) groups is 1. The van der Waals surface area contributed by atoms with Crippen molar-refractivity contribution in [3.8, 4) is 0 Å². The summed E-state index contributed by atoms with van der Waals surface area (Å²) < 4.78 is 0. The lowest BCUT2D eigenvalue weighted by Crippen LogP contribution is -2.42. The number of benzene rings is 1. The largest absolute Gasteiger partial charge is 0.394 e. The lowest BCUT2D eigenvalue weighted by Gasteiger charge is -2.17. The molecule has 0 spiro atoms. The summed E-state index contributed by atoms with van der Waals surface area (Å²) in [6.07, 6.45) is 4.82. The van der Waals surface area contributed by atoms with E-state index < -0.39 is 6.04 Å². The summed E-state index contributed by atoms with van der Waals surface area (Å²) in [4.78, 5) is 11.4. The second kappa shape index (κ2) is 5.98. The van der Waals surface area contributed by atoms with E-state index in [4.69, 9.17) is 10.8 Å². The maximum absolute atomic E-state index is 11.4. The van der Waals surface area contributed by atoms with Crippen molar-refractivity contribution >= 4 is 5.91 Å². The Balaban J connectivity index is 1.96. The predicted molar refractivity (Wildman–Crippen MR) is 70.0 cm³/mol. The van der Waals surface area contributed by atoms with Crippen LogP contribution in [0.1, 0.15) is 29.5 Å². The summed E-state index contributed by atoms with van der Waals surface area (Å²) in [7, 11) is 0. The first-order valence-corrected chi connectivity index (χ1v) is 6.45. The van der Waals surface area contributed by atoms with Crippen molar-refractivity contribution in [2.75, 3.05) is 6.61 Å². The highest BCUT2D eigenvalue weighted by molar-refractivity contribution is 5.81. The van der Waals surface area contributed by atoms with Crippen LogP contribution >= 0.6 is 0 Å². The van der Waals surface area contributed by atoms with Crippen LogP contribution in [-0.2, 0) is 24.2 Å². The molecule has 1 aliphatic carbocycles. The fourth-order valence-corrected chi connectivity index (χ4v) is 2.30. The van der Waals surface area contributed by atoms with E-state index >= 15 is 0 Å². The number of aliphatic hydroxyl groups is 1. The Bertz CT molecular complexity index is 432. The smallest absolute Gasteiger partial charge is 0.239 e. The molecular formula is C14H20N2O2. The molecule has 1 aromatic rings. The number of carbonyl (C=O) groups excluding carboxylic acids is 1. The number of hydrogen-bond acceptors (Lipinski definition) is 3. The maximum Gasteiger partial charge on any atom is 0.239 e. The van der Waals surface area contributed by atoms with Crippen LogP contribution in [0.4, 0.5) is 0 Å². The summed E-state index contributed by atoms with van der Waals surface area (Å²) in [6, 6.07) is 5.54. The minimum Gasteiger partial charge on any atom is -0.394 e. The summed E-state index contributed by atoms with van der Waals surface area (Å²) in [5, 5.41) is 11.5. The van der Waals surface area contributed by atoms with Crippen molar-refractivity contribution in [2.24, 2.45) is 5.73 Å². The first kappa shape index (κ1) is 13.1. The van der Waals surface area contributed by atoms with Gasteiger partial charge in [-0.05, 0) is 42.4 Å². The topological polar surface area (TPSA) is 75.3 Å². The van der Waals surface area contributed by atoms with Gasteiger partial charge in [-0.1, -0.05) is 18.2 Å². The third-order valence-corrected chi connectivity index (χ3v) is 3.41. The van der Waals surface area contributed by atoms with Crippen molar-refractivity contribution in [3.63, 3.8) is 0 Å². The van der Waals surface area contributed by atoms with Crippen molar-refractivity contribution in [1.29, 1.82) is 0 Å². The van der Waals surface area contributed by atoms with Crippen molar-refractivity contribution in [3.05, 3.63) is 34.9 Å². The van der Waals surface area contributed by atoms with Gasteiger partial charge in [-0.15, -0.1) is 0 Å². The van der Waals surface area contributed by atoms with Crippen LogP contribution in [0.25, 0.3) is 0 Å². The van der Waals surface area contributed by atoms with E-state index in [-0.39, 0.29) is 12.5 Å². The Morgan fingerprint density at radius 2 is 2.06 bits per heavy atom. The van der Waals surface area contributed by atoms with Gasteiger partial charge >= 0.3 is 0 Å². The van der Waals surface area contributed by atoms with Crippen LogP contribution in [0.2, 0.25) is 0 Å². The fourth-order valence-electron chi connectivity index (χ4n) is 2.30. The molecule has 1 aromatic carbocycles. The number of hydrogen-bond donors (Lipinski definition) is 3. The first-order valence-electron chi connectivity index (χ1n) is 6.45. The molecule has 0 saturated heterocycles. The van der Waals surface area contributed by atoms with E-state index in [2.05, 4.69) is 23.5 Å². The van der Waals surface area contributed by atoms with Gasteiger partial charge in [0.05, 0.1) is 6.61 Å². The molecule has 0 aromatic heterocycles. The molecule has 4 N–H and O–H groups in total. The Kier molecular flexibility index (Phi) is 4.33. The normalized spacial score (nSPS) is 15.9. The minimum atomic E-state index is -0.831. The van der Waals surface area contributed by atoms with Crippen LogP contribution in [0, 0.1) is 0 Å². The third-order valence-electron chi connectivity index (χ3n) is 3.41. The molecule has 1 amide bonds. The number of nitrogens with two attached hydrogens (primary N) is 1. The number of nitrogens with one attached hydrogen (secondary N) is 1. The zero-order valence-corrected chi connectivity index (χ0v) is 10.5. The van der Waals surface area contributed by atoms with Crippen molar-refractivity contribution in [2.45, 2.75) is 38.3 Å². The molecule has 0 bridgehead atoms. The van der Waals surface area contributed by atoms with Crippen LogP contribution in [0.15, 0.2) is 18.2 Å². The van der Waals surface area contributed by atoms with Crippen molar-refractivity contribution < 1.29 is 9.90 Å². The van der Waals surface area contributed by atoms with Gasteiger partial charge in [0.25, 0.3) is 0 Å². The molecule has 18 heavy (non-hydrogen) atoms. The number of aliphatic hydroxyl groups excluding tert-OH is 1. The lowest BCUT2D eigenvalue weighted by molar-refractivity contribution is -0.123. The molecule has 1 atom stereocenters. The van der Waals surface area contributed by atoms with E-state index in [1.54, 1.807) is 0 Å². The number of aryl methyl sites for hydroxylation is 2. The van der Waals surface area contributed by atoms with Gasteiger partial charge in [-0.3, -0.25) is 4.79 Å². The second-order valence-electron chi connectivity index (χ2n) is 4.82. The van der Waals surface area contributed by atoms with Crippen LogP contribution in [0.3, 0.4) is 0 Å². The molecule has 0 fully saturated rings. The highest BCUT2D eigenvalue weighted by atomic mass is 16.3. The standard InChI is InChI=1S/C14H20N2O2/c15-13(9-17)14(18)16-8-10-5-6-11-3-1-2-4-12(11)7-10/h5-7,13,17H,1-4,8-9,15H2,(H,16,18). The maximum atomic E-state index is 11.4. The Morgan fingerprint density at radius 3 is 2.78 bits per heavy atom. The van der Waals surface area contributed by atoms with Crippen molar-refractivity contribution in [1.82, 2.24) is 5.32 Å². The molecule has 2 rings (SSSR count). The molecule has 0 radical (unpaired) electrons. The molecule has 0 heterocycles. The molecule has 1 unspecified atom stereocenters. The van der Waals surface area contributed by atoms with Gasteiger partial charge in [0.15, 0.2) is 0 Å². The van der Waals surface area contributed by atoms with E-state index in [0.717, 1.165) is 18.4 Å². The third kappa shape index (κ3) is 3.09. The molecule has 98 valence electrons. The number of rotatable bonds is 4. The summed E-state index contributed by atoms with van der Waals surface area (Å²) >= 11 is 0. The van der Waals surface area contributed by atoms with Gasteiger partial charge < -0.3 is 16.2 Å². The van der Waals surface area contributed by atoms with Crippen LogP contribution in [0.5, 0.6) is 0 Å². The van der Waals surface area contributed by atoms with Gasteiger partial charge in [0, 0.05) is 6.54 Å². The van der Waals surface area contributed by atoms with E-state index in [0.29, 0.717) is 6.54 Å². The molecule has 4 nitrogen and oxygen atoms in total. The Morgan fingerprint density at radius 1 is 1.33 bits per heavy atom. The van der Waals surface area contributed by atoms with Crippen LogP contribution in [-0.4, -0.2) is 23.7 Å². The lowest BCUT2D eigenvalue weighted by atomic mass is 9.90. The average Bonchev–Trinajstić information content (AvgIpc) is 2.43. The molecule has 1 aliphatic rings. The van der Waals surface area contributed by atoms with Gasteiger partial charge in [-0.2, -0.15) is 0 Å². The van der Waals surface area contributed by atoms with E-state index in [1.165, 1.54) is 24.0 Å². The van der Waals surface area contributed by atoms with E-state index in [1.807, 2.05) is 0 Å². The Hall–Kier alpha value is -1.39. The number of amides is 1. The van der Waals surface area contributed by atoms with Gasteiger partial charge in [0.2, 0.25) is 5.91 Å². The zero-order valence-electron chi connectivity index (χ0n) is 10.5.